The Labute approximate surface area is 125 Å². The monoisotopic (exact) mass is 308 g/mol. The van der Waals surface area contributed by atoms with E-state index in [1.807, 2.05) is 0 Å². The van der Waals surface area contributed by atoms with Gasteiger partial charge < -0.3 is 10.6 Å². The molecule has 0 aliphatic heterocycles. The van der Waals surface area contributed by atoms with Gasteiger partial charge in [-0.05, 0) is 24.4 Å². The van der Waals surface area contributed by atoms with Gasteiger partial charge in [0.2, 0.25) is 17.1 Å². The highest BCUT2D eigenvalue weighted by Crippen LogP contribution is 2.18. The quantitative estimate of drug-likeness (QED) is 0.783. The van der Waals surface area contributed by atoms with E-state index in [-0.39, 0.29) is 17.1 Å². The third-order valence-electron chi connectivity index (χ3n) is 2.80. The van der Waals surface area contributed by atoms with Gasteiger partial charge in [0.15, 0.2) is 0 Å². The number of rotatable bonds is 6. The molecule has 1 aliphatic rings. The zero-order valence-corrected chi connectivity index (χ0v) is 11.8. The molecule has 1 aliphatic carbocycles. The van der Waals surface area contributed by atoms with Crippen LogP contribution in [0.15, 0.2) is 12.7 Å². The molecule has 3 rings (SSSR count). The number of halogens is 1. The van der Waals surface area contributed by atoms with Crippen molar-refractivity contribution in [1.82, 2.24) is 35.0 Å². The first-order valence-electron chi connectivity index (χ1n) is 6.50. The van der Waals surface area contributed by atoms with Crippen molar-refractivity contribution in [2.75, 3.05) is 11.9 Å². The smallest absolute Gasteiger partial charge is 0.258 e. The molecule has 2 N–H and O–H groups in total. The molecule has 0 saturated heterocycles. The maximum atomic E-state index is 11.6. The minimum atomic E-state index is 0.0154. The van der Waals surface area contributed by atoms with Gasteiger partial charge >= 0.3 is 0 Å². The van der Waals surface area contributed by atoms with Crippen LogP contribution in [0.3, 0.4) is 0 Å². The third kappa shape index (κ3) is 3.85. The summed E-state index contributed by atoms with van der Waals surface area (Å²) in [5.41, 5.74) is 0. The number of carbonyl (C=O) groups excluding carboxylic acids is 1. The Bertz CT molecular complexity index is 627. The molecule has 21 heavy (non-hydrogen) atoms. The normalized spacial score (nSPS) is 14.0. The van der Waals surface area contributed by atoms with Crippen LogP contribution in [0.5, 0.6) is 0 Å². The molecule has 2 aromatic heterocycles. The van der Waals surface area contributed by atoms with E-state index in [9.17, 15) is 4.79 Å². The fraction of sp³-hybridized carbons (Fsp3) is 0.455. The van der Waals surface area contributed by atoms with E-state index in [1.54, 1.807) is 0 Å². The molecule has 1 saturated carbocycles. The van der Waals surface area contributed by atoms with Gasteiger partial charge in [0.05, 0.1) is 0 Å². The Morgan fingerprint density at radius 1 is 1.38 bits per heavy atom. The van der Waals surface area contributed by atoms with Crippen molar-refractivity contribution < 1.29 is 4.79 Å². The minimum Gasteiger partial charge on any atom is -0.354 e. The summed E-state index contributed by atoms with van der Waals surface area (Å²) in [5.74, 6) is 0.568. The number of nitrogens with one attached hydrogen (secondary N) is 2. The molecule has 10 heteroatoms. The zero-order chi connectivity index (χ0) is 14.7. The van der Waals surface area contributed by atoms with Gasteiger partial charge in [0.25, 0.3) is 5.95 Å². The van der Waals surface area contributed by atoms with Crippen molar-refractivity contribution in [2.45, 2.75) is 25.3 Å². The van der Waals surface area contributed by atoms with E-state index in [4.69, 9.17) is 11.6 Å². The van der Waals surface area contributed by atoms with Crippen LogP contribution in [0.1, 0.15) is 19.3 Å². The van der Waals surface area contributed by atoms with Gasteiger partial charge in [-0.15, -0.1) is 0 Å². The molecule has 0 atom stereocenters. The number of nitrogens with zero attached hydrogens (tertiary/aromatic N) is 6. The topological polar surface area (TPSA) is 111 Å². The lowest BCUT2D eigenvalue weighted by Gasteiger charge is -2.06. The Balaban J connectivity index is 1.58. The maximum Gasteiger partial charge on any atom is 0.258 e. The van der Waals surface area contributed by atoms with Crippen molar-refractivity contribution in [3.63, 3.8) is 0 Å². The molecular weight excluding hydrogens is 296 g/mol. The van der Waals surface area contributed by atoms with Crippen molar-refractivity contribution in [3.8, 4) is 5.95 Å². The summed E-state index contributed by atoms with van der Waals surface area (Å²) >= 11 is 5.84. The fourth-order valence-corrected chi connectivity index (χ4v) is 1.80. The Morgan fingerprint density at radius 2 is 2.24 bits per heavy atom. The number of anilines is 1. The Kier molecular flexibility index (Phi) is 3.91. The average molecular weight is 309 g/mol. The van der Waals surface area contributed by atoms with Gasteiger partial charge in [0.1, 0.15) is 12.7 Å². The minimum absolute atomic E-state index is 0.0154. The number of aromatic nitrogens is 6. The number of carbonyl (C=O) groups is 1. The lowest BCUT2D eigenvalue weighted by Crippen LogP contribution is -2.27. The summed E-state index contributed by atoms with van der Waals surface area (Å²) in [6.45, 7) is 0.412. The zero-order valence-electron chi connectivity index (χ0n) is 11.0. The molecule has 0 radical (unpaired) electrons. The molecule has 0 unspecified atom stereocenters. The molecule has 2 aromatic rings. The molecule has 2 heterocycles. The largest absolute Gasteiger partial charge is 0.354 e. The summed E-state index contributed by atoms with van der Waals surface area (Å²) in [7, 11) is 0. The summed E-state index contributed by atoms with van der Waals surface area (Å²) in [6.07, 6.45) is 5.32. The summed E-state index contributed by atoms with van der Waals surface area (Å²) in [5, 5.41) is 9.81. The molecule has 1 amide bonds. The second-order valence-electron chi connectivity index (χ2n) is 4.59. The van der Waals surface area contributed by atoms with Gasteiger partial charge in [-0.2, -0.15) is 24.7 Å². The van der Waals surface area contributed by atoms with Gasteiger partial charge in [-0.25, -0.2) is 4.98 Å². The molecule has 110 valence electrons. The van der Waals surface area contributed by atoms with Gasteiger partial charge in [0, 0.05) is 19.0 Å². The predicted molar refractivity (Wildman–Crippen MR) is 74.0 cm³/mol. The van der Waals surface area contributed by atoms with Crippen LogP contribution in [-0.2, 0) is 4.79 Å². The highest BCUT2D eigenvalue weighted by molar-refractivity contribution is 6.28. The van der Waals surface area contributed by atoms with Crippen LogP contribution < -0.4 is 10.6 Å². The van der Waals surface area contributed by atoms with Crippen LogP contribution in [0.25, 0.3) is 5.95 Å². The van der Waals surface area contributed by atoms with E-state index in [2.05, 4.69) is 35.7 Å². The number of hydrogen-bond donors (Lipinski definition) is 2. The second-order valence-corrected chi connectivity index (χ2v) is 4.92. The first-order valence-corrected chi connectivity index (χ1v) is 6.88. The van der Waals surface area contributed by atoms with Crippen LogP contribution in [0.2, 0.25) is 5.28 Å². The van der Waals surface area contributed by atoms with E-state index < -0.39 is 0 Å². The molecular formula is C11H13ClN8O. The van der Waals surface area contributed by atoms with Crippen molar-refractivity contribution in [3.05, 3.63) is 17.9 Å². The van der Waals surface area contributed by atoms with Crippen LogP contribution >= 0.6 is 11.6 Å². The van der Waals surface area contributed by atoms with Crippen molar-refractivity contribution in [1.29, 1.82) is 0 Å². The Hall–Kier alpha value is -2.29. The van der Waals surface area contributed by atoms with Gasteiger partial charge in [-0.3, -0.25) is 4.79 Å². The first kappa shape index (κ1) is 13.7. The van der Waals surface area contributed by atoms with E-state index in [0.717, 1.165) is 12.8 Å². The van der Waals surface area contributed by atoms with Crippen LogP contribution in [-0.4, -0.2) is 48.2 Å². The molecule has 9 nitrogen and oxygen atoms in total. The van der Waals surface area contributed by atoms with Gasteiger partial charge in [-0.1, -0.05) is 0 Å². The maximum absolute atomic E-state index is 11.6. The second kappa shape index (κ2) is 6.00. The lowest BCUT2D eigenvalue weighted by atomic mass is 10.4. The third-order valence-corrected chi connectivity index (χ3v) is 2.97. The SMILES string of the molecule is O=C(CCNc1nc(Cl)nc(-n2cncn2)n1)NC1CC1. The summed E-state index contributed by atoms with van der Waals surface area (Å²) < 4.78 is 1.37. The standard InChI is InChI=1S/C11H13ClN8O/c12-9-17-10(14-4-3-8(21)16-7-1-2-7)19-11(18-9)20-6-13-5-15-20/h5-7H,1-4H2,(H,16,21)(H,14,17,18,19). The molecule has 0 bridgehead atoms. The Morgan fingerprint density at radius 3 is 2.95 bits per heavy atom. The van der Waals surface area contributed by atoms with E-state index in [0.29, 0.717) is 25.0 Å². The van der Waals surface area contributed by atoms with E-state index >= 15 is 0 Å². The number of amides is 1. The summed E-state index contributed by atoms with van der Waals surface area (Å²) in [6, 6.07) is 0.364. The molecule has 0 spiro atoms. The molecule has 1 fully saturated rings. The van der Waals surface area contributed by atoms with E-state index in [1.165, 1.54) is 17.3 Å². The molecule has 0 aromatic carbocycles. The fourth-order valence-electron chi connectivity index (χ4n) is 1.65. The van der Waals surface area contributed by atoms with Crippen molar-refractivity contribution >= 4 is 23.5 Å². The summed E-state index contributed by atoms with van der Waals surface area (Å²) in [4.78, 5) is 27.4. The number of hydrogen-bond acceptors (Lipinski definition) is 7. The average Bonchev–Trinajstić information content (AvgIpc) is 3.08. The highest BCUT2D eigenvalue weighted by Gasteiger charge is 2.22. The first-order chi connectivity index (χ1) is 10.2. The van der Waals surface area contributed by atoms with Crippen LogP contribution in [0, 0.1) is 0 Å². The highest BCUT2D eigenvalue weighted by atomic mass is 35.5. The predicted octanol–water partition coefficient (Wildman–Crippen LogP) is 0.186. The van der Waals surface area contributed by atoms with Crippen LogP contribution in [0.4, 0.5) is 5.95 Å². The van der Waals surface area contributed by atoms with Crippen molar-refractivity contribution in [2.24, 2.45) is 0 Å². The lowest BCUT2D eigenvalue weighted by molar-refractivity contribution is -0.120.